The Morgan fingerprint density at radius 2 is 1.64 bits per heavy atom. The average molecular weight is 554 g/mol. The molecule has 3 aromatic carbocycles. The minimum atomic E-state index is -0.882. The van der Waals surface area contributed by atoms with Crippen LogP contribution in [0.4, 0.5) is 5.69 Å². The van der Waals surface area contributed by atoms with E-state index in [0.29, 0.717) is 17.0 Å². The third-order valence-corrected chi connectivity index (χ3v) is 6.37. The molecule has 1 aliphatic rings. The van der Waals surface area contributed by atoms with E-state index in [0.717, 1.165) is 14.7 Å². The number of imide groups is 1. The first kappa shape index (κ1) is 23.0. The highest BCUT2D eigenvalue weighted by Gasteiger charge is 2.44. The lowest BCUT2D eigenvalue weighted by atomic mass is 10.1. The molecular formula is C26H23IN2O4. The van der Waals surface area contributed by atoms with Gasteiger partial charge in [0.05, 0.1) is 19.2 Å². The number of hydrogen-bond donors (Lipinski definition) is 0. The van der Waals surface area contributed by atoms with Crippen LogP contribution >= 0.6 is 22.6 Å². The maximum Gasteiger partial charge on any atom is 0.257 e. The van der Waals surface area contributed by atoms with Crippen LogP contribution in [-0.4, -0.2) is 35.8 Å². The Morgan fingerprint density at radius 1 is 1.00 bits per heavy atom. The molecule has 1 aliphatic heterocycles. The van der Waals surface area contributed by atoms with Crippen LogP contribution in [0.25, 0.3) is 0 Å². The summed E-state index contributed by atoms with van der Waals surface area (Å²) in [6.45, 7) is 2.21. The molecule has 0 N–H and O–H groups in total. The summed E-state index contributed by atoms with van der Waals surface area (Å²) in [6.07, 6.45) is -0.0570. The van der Waals surface area contributed by atoms with Crippen LogP contribution in [0.15, 0.2) is 72.8 Å². The molecule has 3 amide bonds. The SMILES string of the molecule is COc1ccc(C(=O)N(Cc2ccc(C)cc2)C2CC(=O)N(c3ccc(I)cc3)C2=O)cc1. The van der Waals surface area contributed by atoms with Crippen molar-refractivity contribution in [3.8, 4) is 5.75 Å². The predicted molar refractivity (Wildman–Crippen MR) is 134 cm³/mol. The second-order valence-corrected chi connectivity index (χ2v) is 9.16. The van der Waals surface area contributed by atoms with Crippen molar-refractivity contribution in [3.05, 3.63) is 93.1 Å². The van der Waals surface area contributed by atoms with Gasteiger partial charge in [0.15, 0.2) is 0 Å². The molecule has 3 aromatic rings. The number of anilines is 1. The zero-order valence-corrected chi connectivity index (χ0v) is 20.5. The molecule has 33 heavy (non-hydrogen) atoms. The highest BCUT2D eigenvalue weighted by atomic mass is 127. The number of carbonyl (C=O) groups is 3. The lowest BCUT2D eigenvalue weighted by Gasteiger charge is -2.28. The molecule has 1 saturated heterocycles. The van der Waals surface area contributed by atoms with Gasteiger partial charge in [-0.25, -0.2) is 4.90 Å². The lowest BCUT2D eigenvalue weighted by Crippen LogP contribution is -2.45. The molecule has 1 fully saturated rings. The molecule has 0 radical (unpaired) electrons. The Labute approximate surface area is 206 Å². The second-order valence-electron chi connectivity index (χ2n) is 7.91. The number of amides is 3. The summed E-state index contributed by atoms with van der Waals surface area (Å²) in [5, 5.41) is 0. The van der Waals surface area contributed by atoms with Gasteiger partial charge in [0, 0.05) is 15.7 Å². The second kappa shape index (κ2) is 9.74. The van der Waals surface area contributed by atoms with Crippen LogP contribution in [0, 0.1) is 10.5 Å². The first-order valence-corrected chi connectivity index (χ1v) is 11.6. The first-order chi connectivity index (χ1) is 15.9. The average Bonchev–Trinajstić information content (AvgIpc) is 3.12. The predicted octanol–water partition coefficient (Wildman–Crippen LogP) is 4.58. The molecular weight excluding hydrogens is 531 g/mol. The van der Waals surface area contributed by atoms with Crippen molar-refractivity contribution in [3.63, 3.8) is 0 Å². The minimum Gasteiger partial charge on any atom is -0.497 e. The van der Waals surface area contributed by atoms with Crippen LogP contribution in [0.2, 0.25) is 0 Å². The van der Waals surface area contributed by atoms with Crippen molar-refractivity contribution in [1.82, 2.24) is 4.90 Å². The third kappa shape index (κ3) is 4.93. The lowest BCUT2D eigenvalue weighted by molar-refractivity contribution is -0.122. The summed E-state index contributed by atoms with van der Waals surface area (Å²) in [7, 11) is 1.56. The molecule has 0 spiro atoms. The smallest absolute Gasteiger partial charge is 0.257 e. The summed E-state index contributed by atoms with van der Waals surface area (Å²) in [6, 6.07) is 20.8. The number of halogens is 1. The Hall–Kier alpha value is -3.20. The third-order valence-electron chi connectivity index (χ3n) is 5.66. The van der Waals surface area contributed by atoms with Crippen LogP contribution in [-0.2, 0) is 16.1 Å². The number of rotatable bonds is 6. The number of benzene rings is 3. The largest absolute Gasteiger partial charge is 0.497 e. The van der Waals surface area contributed by atoms with E-state index in [1.807, 2.05) is 43.3 Å². The molecule has 0 bridgehead atoms. The van der Waals surface area contributed by atoms with E-state index in [1.165, 1.54) is 9.80 Å². The maximum absolute atomic E-state index is 13.5. The van der Waals surface area contributed by atoms with E-state index in [1.54, 1.807) is 43.5 Å². The number of ether oxygens (including phenoxy) is 1. The van der Waals surface area contributed by atoms with E-state index in [9.17, 15) is 14.4 Å². The van der Waals surface area contributed by atoms with Crippen LogP contribution in [0.5, 0.6) is 5.75 Å². The van der Waals surface area contributed by atoms with Gasteiger partial charge in [-0.15, -0.1) is 0 Å². The van der Waals surface area contributed by atoms with Crippen molar-refractivity contribution in [2.45, 2.75) is 25.9 Å². The van der Waals surface area contributed by atoms with Gasteiger partial charge in [-0.05, 0) is 83.6 Å². The molecule has 6 nitrogen and oxygen atoms in total. The van der Waals surface area contributed by atoms with Crippen LogP contribution < -0.4 is 9.64 Å². The van der Waals surface area contributed by atoms with E-state index in [-0.39, 0.29) is 24.8 Å². The Balaban J connectivity index is 1.67. The zero-order valence-electron chi connectivity index (χ0n) is 18.3. The van der Waals surface area contributed by atoms with Gasteiger partial charge >= 0.3 is 0 Å². The van der Waals surface area contributed by atoms with Crippen molar-refractivity contribution in [2.75, 3.05) is 12.0 Å². The minimum absolute atomic E-state index is 0.0570. The van der Waals surface area contributed by atoms with E-state index >= 15 is 0 Å². The molecule has 7 heteroatoms. The van der Waals surface area contributed by atoms with Crippen molar-refractivity contribution >= 4 is 46.0 Å². The molecule has 0 saturated carbocycles. The molecule has 1 heterocycles. The fraction of sp³-hybridized carbons (Fsp3) is 0.192. The standard InChI is InChI=1S/C26H23IN2O4/c1-17-3-5-18(6-4-17)16-28(25(31)19-7-13-22(33-2)14-8-19)23-15-24(30)29(26(23)32)21-11-9-20(27)10-12-21/h3-14,23H,15-16H2,1-2H3. The van der Waals surface area contributed by atoms with Gasteiger partial charge in [-0.2, -0.15) is 0 Å². The highest BCUT2D eigenvalue weighted by molar-refractivity contribution is 14.1. The summed E-state index contributed by atoms with van der Waals surface area (Å²) in [4.78, 5) is 42.5. The topological polar surface area (TPSA) is 66.9 Å². The zero-order chi connectivity index (χ0) is 23.5. The number of carbonyl (C=O) groups excluding carboxylic acids is 3. The fourth-order valence-corrected chi connectivity index (χ4v) is 4.19. The fourth-order valence-electron chi connectivity index (χ4n) is 3.83. The molecule has 0 aromatic heterocycles. The van der Waals surface area contributed by atoms with Crippen molar-refractivity contribution < 1.29 is 19.1 Å². The van der Waals surface area contributed by atoms with Crippen LogP contribution in [0.1, 0.15) is 27.9 Å². The summed E-state index contributed by atoms with van der Waals surface area (Å²) in [5.41, 5.74) is 2.93. The summed E-state index contributed by atoms with van der Waals surface area (Å²) >= 11 is 2.17. The summed E-state index contributed by atoms with van der Waals surface area (Å²) < 4.78 is 6.19. The number of nitrogens with zero attached hydrogens (tertiary/aromatic N) is 2. The summed E-state index contributed by atoms with van der Waals surface area (Å²) in [5.74, 6) is -0.389. The van der Waals surface area contributed by atoms with Gasteiger partial charge < -0.3 is 9.64 Å². The van der Waals surface area contributed by atoms with E-state index in [2.05, 4.69) is 22.6 Å². The van der Waals surface area contributed by atoms with Gasteiger partial charge in [-0.1, -0.05) is 29.8 Å². The quantitative estimate of drug-likeness (QED) is 0.331. The molecule has 4 rings (SSSR count). The van der Waals surface area contributed by atoms with Gasteiger partial charge in [-0.3, -0.25) is 14.4 Å². The Bertz CT molecular complexity index is 1170. The van der Waals surface area contributed by atoms with Crippen LogP contribution in [0.3, 0.4) is 0 Å². The maximum atomic E-state index is 13.5. The van der Waals surface area contributed by atoms with Gasteiger partial charge in [0.1, 0.15) is 11.8 Å². The Kier molecular flexibility index (Phi) is 6.78. The van der Waals surface area contributed by atoms with Crippen molar-refractivity contribution in [1.29, 1.82) is 0 Å². The normalized spacial score (nSPS) is 15.6. The Morgan fingerprint density at radius 3 is 2.24 bits per heavy atom. The number of methoxy groups -OCH3 is 1. The molecule has 0 aliphatic carbocycles. The van der Waals surface area contributed by atoms with Crippen molar-refractivity contribution in [2.24, 2.45) is 0 Å². The molecule has 168 valence electrons. The molecule has 1 atom stereocenters. The van der Waals surface area contributed by atoms with E-state index in [4.69, 9.17) is 4.74 Å². The number of hydrogen-bond acceptors (Lipinski definition) is 4. The van der Waals surface area contributed by atoms with Gasteiger partial charge in [0.2, 0.25) is 5.91 Å². The molecule has 1 unspecified atom stereocenters. The first-order valence-electron chi connectivity index (χ1n) is 10.5. The number of aryl methyl sites for hydroxylation is 1. The monoisotopic (exact) mass is 554 g/mol. The van der Waals surface area contributed by atoms with Gasteiger partial charge in [0.25, 0.3) is 11.8 Å². The highest BCUT2D eigenvalue weighted by Crippen LogP contribution is 2.28. The van der Waals surface area contributed by atoms with E-state index < -0.39 is 11.9 Å².